The maximum atomic E-state index is 15.6. The van der Waals surface area contributed by atoms with E-state index in [4.69, 9.17) is 14.7 Å². The van der Waals surface area contributed by atoms with E-state index in [1.807, 2.05) is 52.4 Å². The van der Waals surface area contributed by atoms with E-state index in [0.29, 0.717) is 50.1 Å². The fraction of sp³-hybridized carbons (Fsp3) is 0.833. The van der Waals surface area contributed by atoms with Crippen molar-refractivity contribution in [3.8, 4) is 0 Å². The summed E-state index contributed by atoms with van der Waals surface area (Å²) in [4.78, 5) is 32.7. The average Bonchev–Trinajstić information content (AvgIpc) is 3.38. The normalized spacial score (nSPS) is 27.7. The minimum Gasteiger partial charge on any atom is -0.381 e. The van der Waals surface area contributed by atoms with Gasteiger partial charge in [0.2, 0.25) is 11.9 Å². The van der Waals surface area contributed by atoms with Crippen molar-refractivity contribution in [3.05, 3.63) is 11.9 Å². The largest absolute Gasteiger partial charge is 0.381 e. The molecule has 4 heterocycles. The van der Waals surface area contributed by atoms with Gasteiger partial charge in [0, 0.05) is 43.7 Å². The predicted molar refractivity (Wildman–Crippen MR) is 182 cm³/mol. The van der Waals surface area contributed by atoms with Crippen molar-refractivity contribution in [2.75, 3.05) is 25.2 Å². The molecule has 8 nitrogen and oxygen atoms in total. The summed E-state index contributed by atoms with van der Waals surface area (Å²) in [6.45, 7) is 18.3. The average molecular weight is 650 g/mol. The van der Waals surface area contributed by atoms with Crippen LogP contribution < -0.4 is 10.7 Å². The summed E-state index contributed by atoms with van der Waals surface area (Å²) in [5.74, 6) is 1.88. The van der Waals surface area contributed by atoms with Gasteiger partial charge in [-0.3, -0.25) is 9.59 Å². The number of rotatable bonds is 8. The van der Waals surface area contributed by atoms with Crippen molar-refractivity contribution < 1.29 is 23.1 Å². The molecule has 1 amide bonds. The lowest BCUT2D eigenvalue weighted by Gasteiger charge is -2.40. The highest BCUT2D eigenvalue weighted by atomic mass is 19.1. The molecule has 1 aromatic heterocycles. The van der Waals surface area contributed by atoms with Crippen LogP contribution in [-0.4, -0.2) is 64.7 Å². The van der Waals surface area contributed by atoms with Gasteiger partial charge >= 0.3 is 0 Å². The number of ketones is 1. The van der Waals surface area contributed by atoms with Gasteiger partial charge in [-0.2, -0.15) is 0 Å². The molecule has 10 heteroatoms. The Kier molecular flexibility index (Phi) is 13.8. The van der Waals surface area contributed by atoms with Crippen LogP contribution >= 0.6 is 0 Å². The number of nitrogens with zero attached hydrogens (tertiary/aromatic N) is 3. The van der Waals surface area contributed by atoms with E-state index in [2.05, 4.69) is 17.7 Å². The number of imidazole rings is 1. The second-order valence-electron chi connectivity index (χ2n) is 15.5. The minimum atomic E-state index is -1.39. The fourth-order valence-electron chi connectivity index (χ4n) is 6.04. The number of aliphatic imine (C=N–C) groups is 1. The van der Waals surface area contributed by atoms with Gasteiger partial charge in [-0.05, 0) is 50.9 Å². The number of carbonyl (C=O) groups excluding carboxylic acids is 2. The number of hydrogen-bond donors (Lipinski definition) is 2. The summed E-state index contributed by atoms with van der Waals surface area (Å²) in [6.07, 6.45) is 9.93. The summed E-state index contributed by atoms with van der Waals surface area (Å²) >= 11 is 0. The third-order valence-electron chi connectivity index (χ3n) is 10.2. The highest BCUT2D eigenvalue weighted by Crippen LogP contribution is 2.38. The Bertz CT molecular complexity index is 1170. The summed E-state index contributed by atoms with van der Waals surface area (Å²) in [5, 5.41) is 2.98. The van der Waals surface area contributed by atoms with Gasteiger partial charge < -0.3 is 15.5 Å². The second-order valence-corrected chi connectivity index (χ2v) is 15.5. The molecule has 1 saturated carbocycles. The molecule has 3 aliphatic heterocycles. The standard InChI is InChI=1S/C24H36FN5O2.C6H13F.C6H12O/c1-15(11-16-5-3-6-16)20-13-30-23(27-20)28-21(18-14-32-10-8-24(18,2)25)19(29-30)12-17-7-4-9-26-22(17)31;1-5(7)6(2,3)4;1-4-6(7)5(2)3/h13,15-19,29H,3-12,14H2,1-2H3,(H,26,31);5H,1-4H3;5H,4H2,1-3H3/t15?,17-,18?,19?,24?;;/m1../s1. The first-order valence-electron chi connectivity index (χ1n) is 17.7. The molecule has 3 fully saturated rings. The van der Waals surface area contributed by atoms with Crippen LogP contribution in [-0.2, 0) is 14.3 Å². The van der Waals surface area contributed by atoms with Gasteiger partial charge in [0.1, 0.15) is 17.6 Å². The number of Topliss-reactive ketones (excluding diaryl/α,β-unsaturated/α-hetero) is 1. The molecule has 1 aromatic rings. The van der Waals surface area contributed by atoms with Crippen molar-refractivity contribution in [3.63, 3.8) is 0 Å². The van der Waals surface area contributed by atoms with E-state index in [0.717, 1.165) is 43.1 Å². The van der Waals surface area contributed by atoms with E-state index in [9.17, 15) is 14.0 Å². The molecule has 2 saturated heterocycles. The van der Waals surface area contributed by atoms with Crippen molar-refractivity contribution in [2.45, 2.75) is 144 Å². The monoisotopic (exact) mass is 649 g/mol. The molecule has 0 aromatic carbocycles. The molecule has 46 heavy (non-hydrogen) atoms. The summed E-state index contributed by atoms with van der Waals surface area (Å²) in [5.41, 5.74) is 3.74. The molecule has 5 unspecified atom stereocenters. The first-order valence-corrected chi connectivity index (χ1v) is 17.7. The predicted octanol–water partition coefficient (Wildman–Crippen LogP) is 7.87. The van der Waals surface area contributed by atoms with Crippen LogP contribution in [0.15, 0.2) is 11.2 Å². The Morgan fingerprint density at radius 2 is 1.85 bits per heavy atom. The number of piperidine rings is 1. The highest BCUT2D eigenvalue weighted by molar-refractivity contribution is 5.96. The number of amides is 1. The number of fused-ring (bicyclic) bond motifs is 1. The third-order valence-corrected chi connectivity index (χ3v) is 10.2. The number of carbonyl (C=O) groups is 2. The van der Waals surface area contributed by atoms with Crippen molar-refractivity contribution in [2.24, 2.45) is 34.1 Å². The van der Waals surface area contributed by atoms with Crippen LogP contribution in [0.25, 0.3) is 0 Å². The number of aromatic nitrogens is 2. The van der Waals surface area contributed by atoms with Crippen molar-refractivity contribution in [1.82, 2.24) is 15.0 Å². The molecule has 5 rings (SSSR count). The van der Waals surface area contributed by atoms with E-state index < -0.39 is 17.8 Å². The minimum absolute atomic E-state index is 0.0894. The molecule has 6 atom stereocenters. The van der Waals surface area contributed by atoms with E-state index in [-0.39, 0.29) is 29.2 Å². The number of halogens is 2. The van der Waals surface area contributed by atoms with Crippen LogP contribution in [0.2, 0.25) is 0 Å². The lowest BCUT2D eigenvalue weighted by molar-refractivity contribution is -0.126. The SMILES string of the molecule is CC(CC1CCC1)c1cn2c(n1)N=C(C1COCCC1(C)F)C(C[C@H]1CCCNC1=O)N2.CC(F)C(C)(C)C.CCC(=O)C(C)C. The Hall–Kier alpha value is -2.36. The zero-order valence-corrected chi connectivity index (χ0v) is 29.9. The van der Waals surface area contributed by atoms with E-state index >= 15 is 4.39 Å². The molecule has 4 aliphatic rings. The molecular weight excluding hydrogens is 588 g/mol. The van der Waals surface area contributed by atoms with Crippen LogP contribution in [0.4, 0.5) is 14.7 Å². The van der Waals surface area contributed by atoms with Gasteiger partial charge in [0.25, 0.3) is 0 Å². The molecular formula is C36H61F2N5O3. The quantitative estimate of drug-likeness (QED) is 0.299. The van der Waals surface area contributed by atoms with Crippen LogP contribution in [0.1, 0.15) is 132 Å². The number of alkyl halides is 2. The molecule has 0 radical (unpaired) electrons. The number of nitrogens with one attached hydrogen (secondary N) is 2. The molecule has 0 spiro atoms. The lowest BCUT2D eigenvalue weighted by atomic mass is 9.78. The number of hydrogen-bond acceptors (Lipinski definition) is 6. The maximum absolute atomic E-state index is 15.6. The second kappa shape index (κ2) is 16.6. The molecule has 0 bridgehead atoms. The Morgan fingerprint density at radius 1 is 1.17 bits per heavy atom. The van der Waals surface area contributed by atoms with Gasteiger partial charge in [0.15, 0.2) is 0 Å². The molecule has 2 N–H and O–H groups in total. The van der Waals surface area contributed by atoms with E-state index in [1.54, 1.807) is 13.8 Å². The van der Waals surface area contributed by atoms with Gasteiger partial charge in [-0.1, -0.05) is 67.7 Å². The van der Waals surface area contributed by atoms with Crippen molar-refractivity contribution in [1.29, 1.82) is 0 Å². The Labute approximate surface area is 276 Å². The summed E-state index contributed by atoms with van der Waals surface area (Å²) < 4.78 is 35.3. The summed E-state index contributed by atoms with van der Waals surface area (Å²) in [7, 11) is 0. The van der Waals surface area contributed by atoms with Crippen LogP contribution in [0, 0.1) is 29.1 Å². The first-order chi connectivity index (χ1) is 21.5. The van der Waals surface area contributed by atoms with E-state index in [1.165, 1.54) is 19.3 Å². The van der Waals surface area contributed by atoms with Gasteiger partial charge in [0.05, 0.1) is 36.2 Å². The smallest absolute Gasteiger partial charge is 0.248 e. The topological polar surface area (TPSA) is 97.6 Å². The summed E-state index contributed by atoms with van der Waals surface area (Å²) in [6, 6.07) is -0.220. The maximum Gasteiger partial charge on any atom is 0.248 e. The molecule has 1 aliphatic carbocycles. The first kappa shape index (κ1) is 38.1. The highest BCUT2D eigenvalue weighted by Gasteiger charge is 2.45. The third kappa shape index (κ3) is 10.6. The van der Waals surface area contributed by atoms with Crippen LogP contribution in [0.5, 0.6) is 0 Å². The van der Waals surface area contributed by atoms with Crippen molar-refractivity contribution >= 4 is 23.4 Å². The zero-order valence-electron chi connectivity index (χ0n) is 29.9. The fourth-order valence-corrected chi connectivity index (χ4v) is 6.04. The Balaban J connectivity index is 0.000000345. The molecule has 262 valence electrons. The Morgan fingerprint density at radius 3 is 2.35 bits per heavy atom. The lowest BCUT2D eigenvalue weighted by Crippen LogP contribution is -2.52. The number of ether oxygens (including phenoxy) is 1. The van der Waals surface area contributed by atoms with Crippen LogP contribution in [0.3, 0.4) is 0 Å². The zero-order chi connectivity index (χ0) is 34.2. The van der Waals surface area contributed by atoms with Gasteiger partial charge in [-0.15, -0.1) is 0 Å². The van der Waals surface area contributed by atoms with Gasteiger partial charge in [-0.25, -0.2) is 23.4 Å².